The molecule has 4 bridgehead atoms. The number of hydrogen-bond donors (Lipinski definition) is 0. The van der Waals surface area contributed by atoms with Gasteiger partial charge in [0.25, 0.3) is 0 Å². The fourth-order valence-electron chi connectivity index (χ4n) is 6.12. The third-order valence-electron chi connectivity index (χ3n) is 7.24. The molecule has 5 rings (SSSR count). The number of nitrogens with zero attached hydrogens (tertiary/aromatic N) is 2. The van der Waals surface area contributed by atoms with Gasteiger partial charge in [-0.2, -0.15) is 0 Å². The average Bonchev–Trinajstić information content (AvgIpc) is 2.50. The molecule has 130 valence electrons. The quantitative estimate of drug-likeness (QED) is 0.800. The number of ether oxygens (including phenoxy) is 1. The van der Waals surface area contributed by atoms with Gasteiger partial charge in [-0.05, 0) is 45.4 Å². The zero-order valence-electron chi connectivity index (χ0n) is 15.2. The van der Waals surface area contributed by atoms with Crippen LogP contribution in [0, 0.1) is 16.7 Å². The fourth-order valence-corrected chi connectivity index (χ4v) is 6.12. The summed E-state index contributed by atoms with van der Waals surface area (Å²) in [6, 6.07) is 0. The van der Waals surface area contributed by atoms with Gasteiger partial charge >= 0.3 is 0 Å². The van der Waals surface area contributed by atoms with Crippen molar-refractivity contribution in [3.63, 3.8) is 0 Å². The van der Waals surface area contributed by atoms with Crippen molar-refractivity contribution in [2.24, 2.45) is 16.7 Å². The van der Waals surface area contributed by atoms with E-state index in [1.807, 2.05) is 0 Å². The number of carbonyl (C=O) groups is 1. The maximum Gasteiger partial charge on any atom is 0.150 e. The van der Waals surface area contributed by atoms with Gasteiger partial charge in [0.05, 0.1) is 22.6 Å². The molecule has 5 aliphatic heterocycles. The van der Waals surface area contributed by atoms with Crippen molar-refractivity contribution in [2.75, 3.05) is 32.8 Å². The van der Waals surface area contributed by atoms with Crippen molar-refractivity contribution in [1.29, 1.82) is 0 Å². The zero-order valence-corrected chi connectivity index (χ0v) is 15.2. The highest BCUT2D eigenvalue weighted by Gasteiger charge is 2.65. The first-order valence-electron chi connectivity index (χ1n) is 9.52. The van der Waals surface area contributed by atoms with Crippen LogP contribution in [0.3, 0.4) is 0 Å². The predicted molar refractivity (Wildman–Crippen MR) is 90.1 cm³/mol. The molecular weight excluding hydrogens is 288 g/mol. The lowest BCUT2D eigenvalue weighted by Gasteiger charge is -2.67. The largest absolute Gasteiger partial charge is 0.376 e. The Bertz CT molecular complexity index is 473. The highest BCUT2D eigenvalue weighted by molar-refractivity contribution is 5.93. The SMILES string of the molecule is CCC12CN3CC(CC)(CN(C1)C3[C@@H]1CCOC(C)(C)C1)C2=O. The van der Waals surface area contributed by atoms with Crippen molar-refractivity contribution in [3.05, 3.63) is 0 Å². The van der Waals surface area contributed by atoms with E-state index in [4.69, 9.17) is 4.74 Å². The molecule has 4 heteroatoms. The van der Waals surface area contributed by atoms with Gasteiger partial charge in [-0.1, -0.05) is 13.8 Å². The molecule has 0 aliphatic carbocycles. The molecule has 0 aromatic carbocycles. The maximum absolute atomic E-state index is 13.2. The predicted octanol–water partition coefficient (Wildman–Crippen LogP) is 2.52. The molecule has 0 amide bonds. The molecule has 0 N–H and O–H groups in total. The van der Waals surface area contributed by atoms with E-state index in [0.717, 1.165) is 58.5 Å². The van der Waals surface area contributed by atoms with Gasteiger partial charge in [0.1, 0.15) is 5.78 Å². The van der Waals surface area contributed by atoms with Crippen molar-refractivity contribution in [2.45, 2.75) is 65.1 Å². The van der Waals surface area contributed by atoms with Crippen LogP contribution in [-0.4, -0.2) is 60.1 Å². The fraction of sp³-hybridized carbons (Fsp3) is 0.947. The second-order valence-electron chi connectivity index (χ2n) is 9.18. The van der Waals surface area contributed by atoms with Crippen LogP contribution >= 0.6 is 0 Å². The Balaban J connectivity index is 1.64. The van der Waals surface area contributed by atoms with Crippen LogP contribution in [0.25, 0.3) is 0 Å². The van der Waals surface area contributed by atoms with Gasteiger partial charge in [0, 0.05) is 32.8 Å². The van der Waals surface area contributed by atoms with E-state index in [1.54, 1.807) is 0 Å². The van der Waals surface area contributed by atoms with Crippen LogP contribution in [0.4, 0.5) is 0 Å². The number of carbonyl (C=O) groups excluding carboxylic acids is 1. The summed E-state index contributed by atoms with van der Waals surface area (Å²) in [6.45, 7) is 13.7. The molecule has 5 heterocycles. The van der Waals surface area contributed by atoms with Gasteiger partial charge < -0.3 is 4.74 Å². The number of rotatable bonds is 3. The topological polar surface area (TPSA) is 32.8 Å². The van der Waals surface area contributed by atoms with Crippen LogP contribution < -0.4 is 0 Å². The van der Waals surface area contributed by atoms with Gasteiger partial charge in [-0.15, -0.1) is 0 Å². The van der Waals surface area contributed by atoms with E-state index < -0.39 is 0 Å². The van der Waals surface area contributed by atoms with E-state index in [1.165, 1.54) is 0 Å². The highest BCUT2D eigenvalue weighted by Crippen LogP contribution is 2.53. The smallest absolute Gasteiger partial charge is 0.150 e. The summed E-state index contributed by atoms with van der Waals surface area (Å²) in [5.41, 5.74) is -0.187. The first-order chi connectivity index (χ1) is 10.8. The van der Waals surface area contributed by atoms with E-state index in [-0.39, 0.29) is 16.4 Å². The molecule has 0 unspecified atom stereocenters. The van der Waals surface area contributed by atoms with Crippen LogP contribution in [0.1, 0.15) is 53.4 Å². The van der Waals surface area contributed by atoms with Crippen LogP contribution in [0.5, 0.6) is 0 Å². The standard InChI is InChI=1S/C19H32N2O2/c1-5-18-10-20-12-19(6-2,16(18)22)13-21(11-18)15(20)14-7-8-23-17(3,4)9-14/h14-15H,5-13H2,1-4H3/t14-,15?,18?,19?/m1/s1. The van der Waals surface area contributed by atoms with Gasteiger partial charge in [-0.25, -0.2) is 0 Å². The minimum Gasteiger partial charge on any atom is -0.376 e. The Hall–Kier alpha value is -0.450. The summed E-state index contributed by atoms with van der Waals surface area (Å²) < 4.78 is 5.95. The molecule has 5 saturated heterocycles. The summed E-state index contributed by atoms with van der Waals surface area (Å²) >= 11 is 0. The number of Topliss-reactive ketones (excluding diaryl/α,β-unsaturated/α-hetero) is 1. The van der Waals surface area contributed by atoms with Crippen molar-refractivity contribution >= 4 is 5.78 Å². The van der Waals surface area contributed by atoms with Gasteiger partial charge in [-0.3, -0.25) is 14.6 Å². The molecule has 0 saturated carbocycles. The van der Waals surface area contributed by atoms with E-state index in [9.17, 15) is 4.79 Å². The molecule has 0 aromatic heterocycles. The monoisotopic (exact) mass is 320 g/mol. The normalized spacial score (nSPS) is 51.2. The first kappa shape index (κ1) is 16.0. The summed E-state index contributed by atoms with van der Waals surface area (Å²) in [5.74, 6) is 1.25. The highest BCUT2D eigenvalue weighted by atomic mass is 16.5. The summed E-state index contributed by atoms with van der Waals surface area (Å²) in [5, 5.41) is 0. The minimum atomic E-state index is -0.0936. The first-order valence-corrected chi connectivity index (χ1v) is 9.52. The third kappa shape index (κ3) is 2.17. The van der Waals surface area contributed by atoms with Crippen LogP contribution in [0.2, 0.25) is 0 Å². The molecule has 0 aromatic rings. The Morgan fingerprint density at radius 1 is 1.04 bits per heavy atom. The third-order valence-corrected chi connectivity index (χ3v) is 7.24. The molecule has 5 aliphatic rings. The lowest BCUT2D eigenvalue weighted by molar-refractivity contribution is -0.220. The Morgan fingerprint density at radius 3 is 2.00 bits per heavy atom. The minimum absolute atomic E-state index is 0.000523. The van der Waals surface area contributed by atoms with Gasteiger partial charge in [0.15, 0.2) is 0 Å². The zero-order chi connectivity index (χ0) is 16.5. The van der Waals surface area contributed by atoms with E-state index in [0.29, 0.717) is 17.9 Å². The molecular formula is C19H32N2O2. The molecule has 5 fully saturated rings. The van der Waals surface area contributed by atoms with Crippen LogP contribution in [-0.2, 0) is 9.53 Å². The summed E-state index contributed by atoms with van der Waals surface area (Å²) in [6.07, 6.45) is 4.81. The van der Waals surface area contributed by atoms with Crippen molar-refractivity contribution < 1.29 is 9.53 Å². The Morgan fingerprint density at radius 2 is 1.57 bits per heavy atom. The van der Waals surface area contributed by atoms with Crippen LogP contribution in [0.15, 0.2) is 0 Å². The van der Waals surface area contributed by atoms with Gasteiger partial charge in [0.2, 0.25) is 0 Å². The van der Waals surface area contributed by atoms with E-state index >= 15 is 0 Å². The number of piperidine rings is 2. The van der Waals surface area contributed by atoms with Crippen molar-refractivity contribution in [1.82, 2.24) is 9.80 Å². The molecule has 0 radical (unpaired) electrons. The summed E-state index contributed by atoms with van der Waals surface area (Å²) in [4.78, 5) is 18.5. The molecule has 4 nitrogen and oxygen atoms in total. The molecule has 23 heavy (non-hydrogen) atoms. The average molecular weight is 320 g/mol. The number of ketones is 1. The van der Waals surface area contributed by atoms with E-state index in [2.05, 4.69) is 37.5 Å². The van der Waals surface area contributed by atoms with Crippen molar-refractivity contribution in [3.8, 4) is 0 Å². The Labute approximate surface area is 140 Å². The number of hydrogen-bond acceptors (Lipinski definition) is 4. The second kappa shape index (κ2) is 5.03. The summed E-state index contributed by atoms with van der Waals surface area (Å²) in [7, 11) is 0. The maximum atomic E-state index is 13.2. The Kier molecular flexibility index (Phi) is 3.51. The molecule has 1 atom stereocenters. The lowest BCUT2D eigenvalue weighted by Crippen LogP contribution is -2.80. The molecule has 0 spiro atoms. The second-order valence-corrected chi connectivity index (χ2v) is 9.18. The lowest BCUT2D eigenvalue weighted by atomic mass is 9.57.